The molecule has 17 heavy (non-hydrogen) atoms. The van der Waals surface area contributed by atoms with E-state index in [4.69, 9.17) is 24.8 Å². The second kappa shape index (κ2) is 6.57. The molecule has 0 aromatic rings. The van der Waals surface area contributed by atoms with E-state index in [1.807, 2.05) is 0 Å². The summed E-state index contributed by atoms with van der Waals surface area (Å²) in [4.78, 5) is 0. The van der Waals surface area contributed by atoms with E-state index >= 15 is 0 Å². The fourth-order valence-corrected chi connectivity index (χ4v) is 1.46. The van der Waals surface area contributed by atoms with Crippen molar-refractivity contribution in [1.82, 2.24) is 0 Å². The van der Waals surface area contributed by atoms with Gasteiger partial charge >= 0.3 is 0 Å². The van der Waals surface area contributed by atoms with Crippen molar-refractivity contribution in [2.24, 2.45) is 0 Å². The Hall–Kier alpha value is -0.320. The molecule has 1 fully saturated rings. The molecule has 1 heterocycles. The maximum atomic E-state index is 9.52. The topological polar surface area (TPSA) is 140 Å². The van der Waals surface area contributed by atoms with Gasteiger partial charge in [-0.15, -0.1) is 0 Å². The van der Waals surface area contributed by atoms with Crippen molar-refractivity contribution in [2.75, 3.05) is 19.8 Å². The van der Waals surface area contributed by atoms with Crippen LogP contribution in [0.15, 0.2) is 0 Å². The second-order valence-corrected chi connectivity index (χ2v) is 3.87. The van der Waals surface area contributed by atoms with E-state index in [0.29, 0.717) is 0 Å². The molecule has 1 aliphatic heterocycles. The Labute approximate surface area is 97.6 Å². The van der Waals surface area contributed by atoms with Gasteiger partial charge in [0.05, 0.1) is 19.8 Å². The first-order chi connectivity index (χ1) is 8.01. The average molecular weight is 254 g/mol. The first-order valence-electron chi connectivity index (χ1n) is 5.22. The van der Waals surface area contributed by atoms with Crippen LogP contribution < -0.4 is 0 Å². The quantitative estimate of drug-likeness (QED) is 0.293. The molecule has 4 unspecified atom stereocenters. The zero-order valence-electron chi connectivity index (χ0n) is 9.09. The van der Waals surface area contributed by atoms with Gasteiger partial charge in [-0.3, -0.25) is 0 Å². The highest BCUT2D eigenvalue weighted by molar-refractivity contribution is 4.88. The van der Waals surface area contributed by atoms with Crippen molar-refractivity contribution < 1.29 is 40.1 Å². The lowest BCUT2D eigenvalue weighted by Crippen LogP contribution is -2.59. The molecule has 102 valence electrons. The van der Waals surface area contributed by atoms with Crippen LogP contribution in [0.25, 0.3) is 0 Å². The van der Waals surface area contributed by atoms with Crippen molar-refractivity contribution in [3.8, 4) is 0 Å². The largest absolute Gasteiger partial charge is 0.394 e. The van der Waals surface area contributed by atoms with E-state index in [2.05, 4.69) is 0 Å². The minimum absolute atomic E-state index is 0.306. The highest BCUT2D eigenvalue weighted by atomic mass is 16.7. The summed E-state index contributed by atoms with van der Waals surface area (Å²) in [6, 6.07) is 0. The Balaban J connectivity index is 2.53. The zero-order chi connectivity index (χ0) is 13.0. The Morgan fingerprint density at radius 1 is 1.06 bits per heavy atom. The van der Waals surface area contributed by atoms with Gasteiger partial charge in [-0.25, -0.2) is 0 Å². The van der Waals surface area contributed by atoms with Gasteiger partial charge in [-0.1, -0.05) is 0 Å². The van der Waals surface area contributed by atoms with Gasteiger partial charge in [0.2, 0.25) is 0 Å². The van der Waals surface area contributed by atoms with Crippen LogP contribution >= 0.6 is 0 Å². The Bertz CT molecular complexity index is 223. The van der Waals surface area contributed by atoms with Gasteiger partial charge in [-0.2, -0.15) is 0 Å². The number of ether oxygens (including phenoxy) is 2. The van der Waals surface area contributed by atoms with Gasteiger partial charge in [0.15, 0.2) is 6.29 Å². The van der Waals surface area contributed by atoms with Crippen LogP contribution in [-0.4, -0.2) is 87.3 Å². The molecule has 0 radical (unpaired) electrons. The summed E-state index contributed by atoms with van der Waals surface area (Å²) >= 11 is 0. The Kier molecular flexibility index (Phi) is 5.70. The fraction of sp³-hybridized carbons (Fsp3) is 1.00. The molecule has 1 rings (SSSR count). The number of aliphatic hydroxyl groups is 6. The molecule has 6 N–H and O–H groups in total. The van der Waals surface area contributed by atoms with Gasteiger partial charge in [0.1, 0.15) is 30.5 Å². The van der Waals surface area contributed by atoms with Crippen LogP contribution in [0.5, 0.6) is 0 Å². The van der Waals surface area contributed by atoms with Gasteiger partial charge < -0.3 is 40.1 Å². The monoisotopic (exact) mass is 254 g/mol. The number of aliphatic hydroxyl groups excluding tert-OH is 6. The average Bonchev–Trinajstić information content (AvgIpc) is 2.34. The van der Waals surface area contributed by atoms with Crippen LogP contribution in [0.2, 0.25) is 0 Å². The predicted molar refractivity (Wildman–Crippen MR) is 52.8 cm³/mol. The lowest BCUT2D eigenvalue weighted by molar-refractivity contribution is -0.304. The van der Waals surface area contributed by atoms with Crippen molar-refractivity contribution in [3.05, 3.63) is 0 Å². The first-order valence-corrected chi connectivity index (χ1v) is 5.22. The van der Waals surface area contributed by atoms with Crippen LogP contribution in [0.3, 0.4) is 0 Å². The summed E-state index contributed by atoms with van der Waals surface area (Å²) in [6.45, 7) is -1.37. The molecule has 0 bridgehead atoms. The second-order valence-electron chi connectivity index (χ2n) is 3.87. The minimum atomic E-state index is -1.52. The molecule has 0 saturated carbocycles. The lowest BCUT2D eigenvalue weighted by Gasteiger charge is -2.39. The molecule has 0 amide bonds. The highest BCUT2D eigenvalue weighted by Crippen LogP contribution is 2.21. The molecule has 8 nitrogen and oxygen atoms in total. The standard InChI is InChI=1S/C9H18O8/c10-1-4(12)3-16-9-8(15)7(14)6(13)5(2-11)17-9/h4-15H,1-3H2/t4?,5?,6-,7+,8?,9?/m1/s1. The third kappa shape index (κ3) is 3.57. The summed E-state index contributed by atoms with van der Waals surface area (Å²) < 4.78 is 9.93. The van der Waals surface area contributed by atoms with E-state index in [9.17, 15) is 15.3 Å². The summed E-state index contributed by atoms with van der Waals surface area (Å²) in [6.07, 6.45) is -7.94. The van der Waals surface area contributed by atoms with Crippen LogP contribution in [0, 0.1) is 0 Å². The molecular weight excluding hydrogens is 236 g/mol. The Morgan fingerprint density at radius 3 is 2.24 bits per heavy atom. The zero-order valence-corrected chi connectivity index (χ0v) is 9.09. The SMILES string of the molecule is OCC(O)COC1OC(CO)[C@@H](O)[C@H](O)C1O. The van der Waals surface area contributed by atoms with Gasteiger partial charge in [0.25, 0.3) is 0 Å². The van der Waals surface area contributed by atoms with E-state index in [-0.39, 0.29) is 6.61 Å². The molecular formula is C9H18O8. The summed E-state index contributed by atoms with van der Waals surface area (Å²) in [5.74, 6) is 0. The molecule has 6 atom stereocenters. The third-order valence-electron chi connectivity index (χ3n) is 2.51. The van der Waals surface area contributed by atoms with Crippen molar-refractivity contribution in [3.63, 3.8) is 0 Å². The third-order valence-corrected chi connectivity index (χ3v) is 2.51. The van der Waals surface area contributed by atoms with E-state index in [1.165, 1.54) is 0 Å². The summed E-state index contributed by atoms with van der Waals surface area (Å²) in [5, 5.41) is 54.9. The molecule has 0 aromatic carbocycles. The molecule has 8 heteroatoms. The van der Waals surface area contributed by atoms with Crippen molar-refractivity contribution >= 4 is 0 Å². The summed E-state index contributed by atoms with van der Waals surface area (Å²) in [7, 11) is 0. The maximum absolute atomic E-state index is 9.52. The van der Waals surface area contributed by atoms with E-state index in [0.717, 1.165) is 0 Å². The van der Waals surface area contributed by atoms with Crippen LogP contribution in [-0.2, 0) is 9.47 Å². The van der Waals surface area contributed by atoms with Crippen LogP contribution in [0.4, 0.5) is 0 Å². The van der Waals surface area contributed by atoms with E-state index < -0.39 is 50.0 Å². The highest BCUT2D eigenvalue weighted by Gasteiger charge is 2.44. The molecule has 0 aromatic heterocycles. The molecule has 1 saturated heterocycles. The Morgan fingerprint density at radius 2 is 1.71 bits per heavy atom. The first kappa shape index (κ1) is 14.7. The number of hydrogen-bond donors (Lipinski definition) is 6. The van der Waals surface area contributed by atoms with E-state index in [1.54, 1.807) is 0 Å². The molecule has 0 aliphatic carbocycles. The summed E-state index contributed by atoms with van der Waals surface area (Å²) in [5.41, 5.74) is 0. The fourth-order valence-electron chi connectivity index (χ4n) is 1.46. The smallest absolute Gasteiger partial charge is 0.186 e. The maximum Gasteiger partial charge on any atom is 0.186 e. The molecule has 0 spiro atoms. The number of rotatable bonds is 5. The van der Waals surface area contributed by atoms with Crippen molar-refractivity contribution in [2.45, 2.75) is 36.8 Å². The van der Waals surface area contributed by atoms with Gasteiger partial charge in [0, 0.05) is 0 Å². The van der Waals surface area contributed by atoms with Crippen molar-refractivity contribution in [1.29, 1.82) is 0 Å². The van der Waals surface area contributed by atoms with Crippen LogP contribution in [0.1, 0.15) is 0 Å². The van der Waals surface area contributed by atoms with Gasteiger partial charge in [-0.05, 0) is 0 Å². The molecule has 1 aliphatic rings. The normalized spacial score (nSPS) is 40.2. The predicted octanol–water partition coefficient (Wildman–Crippen LogP) is -3.84. The number of hydrogen-bond acceptors (Lipinski definition) is 8. The minimum Gasteiger partial charge on any atom is -0.394 e. The lowest BCUT2D eigenvalue weighted by atomic mass is 9.99.